The molecular formula is C9H19N2+. The van der Waals surface area contributed by atoms with E-state index in [1.54, 1.807) is 4.58 Å². The molecule has 0 fully saturated rings. The molecule has 0 radical (unpaired) electrons. The lowest BCUT2D eigenvalue weighted by Gasteiger charge is -2.18. The zero-order valence-electron chi connectivity index (χ0n) is 8.04. The molecular weight excluding hydrogens is 136 g/mol. The van der Waals surface area contributed by atoms with E-state index in [1.165, 1.54) is 0 Å². The van der Waals surface area contributed by atoms with Gasteiger partial charge in [0.05, 0.1) is 0 Å². The Balaban J connectivity index is 3.85. The summed E-state index contributed by atoms with van der Waals surface area (Å²) in [5.74, 6) is 0. The van der Waals surface area contributed by atoms with Gasteiger partial charge in [0.2, 0.25) is 0 Å². The summed E-state index contributed by atoms with van der Waals surface area (Å²) in [5.41, 5.74) is 0. The van der Waals surface area contributed by atoms with Crippen LogP contribution in [0.1, 0.15) is 13.8 Å². The highest BCUT2D eigenvalue weighted by atomic mass is 15.1. The van der Waals surface area contributed by atoms with Gasteiger partial charge < -0.3 is 4.90 Å². The van der Waals surface area contributed by atoms with Crippen LogP contribution in [0.4, 0.5) is 0 Å². The lowest BCUT2D eigenvalue weighted by Crippen LogP contribution is -2.26. The van der Waals surface area contributed by atoms with Crippen molar-refractivity contribution in [3.8, 4) is 0 Å². The molecule has 0 saturated heterocycles. The summed E-state index contributed by atoms with van der Waals surface area (Å²) in [4.78, 5) is 2.26. The van der Waals surface area contributed by atoms with Gasteiger partial charge in [-0.15, -0.1) is 0 Å². The summed E-state index contributed by atoms with van der Waals surface area (Å²) >= 11 is 0. The quantitative estimate of drug-likeness (QED) is 0.436. The molecule has 2 heteroatoms. The fraction of sp³-hybridized carbons (Fsp3) is 0.667. The Labute approximate surface area is 69.8 Å². The van der Waals surface area contributed by atoms with E-state index in [0.29, 0.717) is 6.04 Å². The first kappa shape index (κ1) is 10.4. The van der Waals surface area contributed by atoms with Crippen molar-refractivity contribution in [3.63, 3.8) is 0 Å². The first-order chi connectivity index (χ1) is 5.07. The van der Waals surface area contributed by atoms with Crippen LogP contribution in [0.5, 0.6) is 0 Å². The van der Waals surface area contributed by atoms with Crippen molar-refractivity contribution in [2.24, 2.45) is 0 Å². The standard InChI is InChI=1S/C9H19N2/c1-6-11(5)9(2)7-8-10(3)4/h7-9H,3,6H2,1-2,4-5H3/q+1/b8-7+/t9-/m0/s1. The molecule has 0 unspecified atom stereocenters. The second-order valence-corrected chi connectivity index (χ2v) is 2.91. The summed E-state index contributed by atoms with van der Waals surface area (Å²) in [6.45, 7) is 9.12. The van der Waals surface area contributed by atoms with Crippen LogP contribution in [0.25, 0.3) is 0 Å². The van der Waals surface area contributed by atoms with E-state index in [4.69, 9.17) is 0 Å². The van der Waals surface area contributed by atoms with Crippen molar-refractivity contribution in [1.29, 1.82) is 0 Å². The average molecular weight is 155 g/mol. The molecule has 0 aromatic carbocycles. The van der Waals surface area contributed by atoms with Gasteiger partial charge in [0.1, 0.15) is 13.8 Å². The third-order valence-electron chi connectivity index (χ3n) is 1.81. The molecule has 0 aromatic rings. The SMILES string of the molecule is C=[N+](C)/C=C/[C@H](C)N(C)CC. The van der Waals surface area contributed by atoms with E-state index in [9.17, 15) is 0 Å². The molecule has 0 aliphatic rings. The van der Waals surface area contributed by atoms with Gasteiger partial charge >= 0.3 is 0 Å². The van der Waals surface area contributed by atoms with Gasteiger partial charge in [-0.1, -0.05) is 6.92 Å². The number of hydrogen-bond acceptors (Lipinski definition) is 1. The molecule has 0 heterocycles. The molecule has 11 heavy (non-hydrogen) atoms. The number of rotatable bonds is 4. The summed E-state index contributed by atoms with van der Waals surface area (Å²) in [5, 5.41) is 0. The van der Waals surface area contributed by atoms with Crippen LogP contribution in [-0.2, 0) is 0 Å². The highest BCUT2D eigenvalue weighted by Crippen LogP contribution is 1.95. The lowest BCUT2D eigenvalue weighted by atomic mass is 10.3. The molecule has 0 aliphatic heterocycles. The predicted molar refractivity (Wildman–Crippen MR) is 50.2 cm³/mol. The van der Waals surface area contributed by atoms with E-state index in [-0.39, 0.29) is 0 Å². The lowest BCUT2D eigenvalue weighted by molar-refractivity contribution is -0.412. The van der Waals surface area contributed by atoms with Crippen LogP contribution < -0.4 is 0 Å². The van der Waals surface area contributed by atoms with Crippen molar-refractivity contribution in [3.05, 3.63) is 12.3 Å². The van der Waals surface area contributed by atoms with E-state index in [0.717, 1.165) is 6.54 Å². The van der Waals surface area contributed by atoms with Crippen molar-refractivity contribution in [1.82, 2.24) is 4.90 Å². The van der Waals surface area contributed by atoms with Gasteiger partial charge in [-0.3, -0.25) is 0 Å². The second kappa shape index (κ2) is 5.08. The fourth-order valence-electron chi connectivity index (χ4n) is 0.706. The Bertz CT molecular complexity index is 150. The first-order valence-electron chi connectivity index (χ1n) is 3.99. The normalized spacial score (nSPS) is 14.3. The van der Waals surface area contributed by atoms with Crippen molar-refractivity contribution in [2.75, 3.05) is 20.6 Å². The zero-order chi connectivity index (χ0) is 8.85. The minimum Gasteiger partial charge on any atom is -0.300 e. The van der Waals surface area contributed by atoms with Gasteiger partial charge in [0.15, 0.2) is 6.20 Å². The Morgan fingerprint density at radius 1 is 1.64 bits per heavy atom. The average Bonchev–Trinajstić information content (AvgIpc) is 1.98. The molecule has 64 valence electrons. The maximum Gasteiger partial charge on any atom is 0.165 e. The molecule has 0 bridgehead atoms. The van der Waals surface area contributed by atoms with E-state index in [1.807, 2.05) is 13.2 Å². The van der Waals surface area contributed by atoms with Crippen LogP contribution in [0.15, 0.2) is 12.3 Å². The molecule has 1 atom stereocenters. The maximum absolute atomic E-state index is 3.72. The molecule has 0 aromatic heterocycles. The van der Waals surface area contributed by atoms with Crippen LogP contribution in [0.2, 0.25) is 0 Å². The maximum atomic E-state index is 3.72. The summed E-state index contributed by atoms with van der Waals surface area (Å²) in [6.07, 6.45) is 4.12. The van der Waals surface area contributed by atoms with Crippen molar-refractivity contribution >= 4 is 6.72 Å². The third-order valence-corrected chi connectivity index (χ3v) is 1.81. The molecule has 0 aliphatic carbocycles. The number of nitrogens with zero attached hydrogens (tertiary/aromatic N) is 2. The van der Waals surface area contributed by atoms with Gasteiger partial charge in [-0.2, -0.15) is 0 Å². The second-order valence-electron chi connectivity index (χ2n) is 2.91. The Morgan fingerprint density at radius 3 is 2.55 bits per heavy atom. The Hall–Kier alpha value is -0.630. The number of likely N-dealkylation sites (N-methyl/N-ethyl adjacent to an activating group) is 1. The highest BCUT2D eigenvalue weighted by Gasteiger charge is 2.02. The predicted octanol–water partition coefficient (Wildman–Crippen LogP) is 1.18. The minimum atomic E-state index is 0.490. The molecule has 0 spiro atoms. The van der Waals surface area contributed by atoms with Gasteiger partial charge in [0, 0.05) is 6.04 Å². The van der Waals surface area contributed by atoms with E-state index < -0.39 is 0 Å². The first-order valence-corrected chi connectivity index (χ1v) is 3.99. The smallest absolute Gasteiger partial charge is 0.165 e. The zero-order valence-corrected chi connectivity index (χ0v) is 8.04. The largest absolute Gasteiger partial charge is 0.300 e. The van der Waals surface area contributed by atoms with Crippen molar-refractivity contribution < 1.29 is 4.58 Å². The molecule has 0 rings (SSSR count). The van der Waals surface area contributed by atoms with Gasteiger partial charge in [-0.25, -0.2) is 4.58 Å². The van der Waals surface area contributed by atoms with Crippen molar-refractivity contribution in [2.45, 2.75) is 19.9 Å². The Morgan fingerprint density at radius 2 is 2.18 bits per heavy atom. The van der Waals surface area contributed by atoms with E-state index in [2.05, 4.69) is 38.6 Å². The van der Waals surface area contributed by atoms with E-state index >= 15 is 0 Å². The molecule has 0 amide bonds. The summed E-state index contributed by atoms with van der Waals surface area (Å²) < 4.78 is 1.81. The highest BCUT2D eigenvalue weighted by molar-refractivity contribution is 5.15. The van der Waals surface area contributed by atoms with Gasteiger partial charge in [-0.05, 0) is 26.6 Å². The van der Waals surface area contributed by atoms with Crippen LogP contribution >= 0.6 is 0 Å². The topological polar surface area (TPSA) is 6.25 Å². The minimum absolute atomic E-state index is 0.490. The van der Waals surface area contributed by atoms with Crippen LogP contribution in [-0.4, -0.2) is 42.9 Å². The number of hydrogen-bond donors (Lipinski definition) is 0. The van der Waals surface area contributed by atoms with Crippen LogP contribution in [0, 0.1) is 0 Å². The van der Waals surface area contributed by atoms with Gasteiger partial charge in [0.25, 0.3) is 0 Å². The monoisotopic (exact) mass is 155 g/mol. The molecule has 0 saturated carbocycles. The molecule has 2 nitrogen and oxygen atoms in total. The summed E-state index contributed by atoms with van der Waals surface area (Å²) in [6, 6.07) is 0.490. The third kappa shape index (κ3) is 4.73. The Kier molecular flexibility index (Phi) is 4.79. The van der Waals surface area contributed by atoms with Crippen LogP contribution in [0.3, 0.4) is 0 Å². The summed E-state index contributed by atoms with van der Waals surface area (Å²) in [7, 11) is 4.03. The molecule has 0 N–H and O–H groups in total. The fourth-order valence-corrected chi connectivity index (χ4v) is 0.706.